The molecule has 0 spiro atoms. The number of rotatable bonds is 5. The summed E-state index contributed by atoms with van der Waals surface area (Å²) in [6.45, 7) is 11.5. The molecular formula is C22H27NO3. The van der Waals surface area contributed by atoms with E-state index < -0.39 is 12.1 Å². The van der Waals surface area contributed by atoms with Crippen LogP contribution in [0.1, 0.15) is 40.3 Å². The summed E-state index contributed by atoms with van der Waals surface area (Å²) in [5.41, 5.74) is 7.10. The summed E-state index contributed by atoms with van der Waals surface area (Å²) >= 11 is 0. The molecule has 26 heavy (non-hydrogen) atoms. The highest BCUT2D eigenvalue weighted by Gasteiger charge is 2.19. The van der Waals surface area contributed by atoms with E-state index in [2.05, 4.69) is 5.32 Å². The van der Waals surface area contributed by atoms with E-state index in [1.807, 2.05) is 65.0 Å². The van der Waals surface area contributed by atoms with E-state index in [1.165, 1.54) is 5.56 Å². The lowest BCUT2D eigenvalue weighted by Gasteiger charge is -2.17. The normalized spacial score (nSPS) is 11.8. The third-order valence-corrected chi connectivity index (χ3v) is 4.52. The van der Waals surface area contributed by atoms with E-state index in [0.717, 1.165) is 33.5 Å². The third kappa shape index (κ3) is 4.94. The van der Waals surface area contributed by atoms with Gasteiger partial charge in [0.05, 0.1) is 6.42 Å². The number of carbonyl (C=O) groups is 2. The lowest BCUT2D eigenvalue weighted by Crippen LogP contribution is -2.31. The molecule has 0 bridgehead atoms. The predicted octanol–water partition coefficient (Wildman–Crippen LogP) is 4.34. The van der Waals surface area contributed by atoms with Crippen LogP contribution in [0.3, 0.4) is 0 Å². The standard InChI is InChI=1S/C22H27NO3/c1-13-9-16(4)21(17(5)10-13)23-22(25)18(6)26-20(24)12-19-8-7-14(2)15(3)11-19/h7-11,18H,12H2,1-6H3,(H,23,25)/t18-/m1/s1. The quantitative estimate of drug-likeness (QED) is 0.814. The number of hydrogen-bond donors (Lipinski definition) is 1. The number of benzene rings is 2. The third-order valence-electron chi connectivity index (χ3n) is 4.52. The van der Waals surface area contributed by atoms with E-state index in [-0.39, 0.29) is 12.3 Å². The molecule has 2 aromatic carbocycles. The Bertz CT molecular complexity index is 816. The summed E-state index contributed by atoms with van der Waals surface area (Å²) in [4.78, 5) is 24.6. The lowest BCUT2D eigenvalue weighted by molar-refractivity contribution is -0.152. The summed E-state index contributed by atoms with van der Waals surface area (Å²) in [6, 6.07) is 9.89. The first-order chi connectivity index (χ1) is 12.2. The Labute approximate surface area is 155 Å². The Balaban J connectivity index is 1.98. The summed E-state index contributed by atoms with van der Waals surface area (Å²) in [5.74, 6) is -0.734. The number of anilines is 1. The van der Waals surface area contributed by atoms with Crippen LogP contribution in [0.25, 0.3) is 0 Å². The van der Waals surface area contributed by atoms with Gasteiger partial charge in [-0.25, -0.2) is 0 Å². The zero-order valence-corrected chi connectivity index (χ0v) is 16.4. The molecule has 1 atom stereocenters. The lowest BCUT2D eigenvalue weighted by atomic mass is 10.0. The van der Waals surface area contributed by atoms with Gasteiger partial charge < -0.3 is 10.1 Å². The minimum absolute atomic E-state index is 0.154. The van der Waals surface area contributed by atoms with Crippen LogP contribution in [0, 0.1) is 34.6 Å². The zero-order chi connectivity index (χ0) is 19.4. The van der Waals surface area contributed by atoms with Crippen molar-refractivity contribution in [1.29, 1.82) is 0 Å². The first-order valence-corrected chi connectivity index (χ1v) is 8.81. The number of hydrogen-bond acceptors (Lipinski definition) is 3. The number of amides is 1. The Morgan fingerprint density at radius 2 is 1.54 bits per heavy atom. The van der Waals surface area contributed by atoms with Gasteiger partial charge >= 0.3 is 5.97 Å². The molecule has 4 nitrogen and oxygen atoms in total. The van der Waals surface area contributed by atoms with Crippen LogP contribution in [0.15, 0.2) is 30.3 Å². The minimum Gasteiger partial charge on any atom is -0.452 e. The molecule has 0 saturated carbocycles. The highest BCUT2D eigenvalue weighted by molar-refractivity contribution is 5.96. The highest BCUT2D eigenvalue weighted by atomic mass is 16.5. The molecule has 2 aromatic rings. The van der Waals surface area contributed by atoms with E-state index in [4.69, 9.17) is 4.74 Å². The van der Waals surface area contributed by atoms with Gasteiger partial charge in [0.1, 0.15) is 0 Å². The minimum atomic E-state index is -0.853. The fourth-order valence-corrected chi connectivity index (χ4v) is 2.97. The molecule has 138 valence electrons. The average Bonchev–Trinajstić information content (AvgIpc) is 2.54. The average molecular weight is 353 g/mol. The molecular weight excluding hydrogens is 326 g/mol. The van der Waals surface area contributed by atoms with Gasteiger partial charge in [-0.2, -0.15) is 0 Å². The molecule has 0 aromatic heterocycles. The van der Waals surface area contributed by atoms with Crippen molar-refractivity contribution in [3.05, 3.63) is 63.7 Å². The van der Waals surface area contributed by atoms with Crippen molar-refractivity contribution in [2.45, 2.75) is 54.1 Å². The Morgan fingerprint density at radius 1 is 0.923 bits per heavy atom. The molecule has 0 aliphatic heterocycles. The van der Waals surface area contributed by atoms with Gasteiger partial charge in [-0.1, -0.05) is 35.9 Å². The smallest absolute Gasteiger partial charge is 0.311 e. The summed E-state index contributed by atoms with van der Waals surface area (Å²) < 4.78 is 5.31. The monoisotopic (exact) mass is 353 g/mol. The van der Waals surface area contributed by atoms with Gasteiger partial charge in [-0.15, -0.1) is 0 Å². The van der Waals surface area contributed by atoms with Crippen LogP contribution >= 0.6 is 0 Å². The van der Waals surface area contributed by atoms with Crippen molar-refractivity contribution in [2.75, 3.05) is 5.32 Å². The second-order valence-electron chi connectivity index (χ2n) is 6.99. The molecule has 0 aliphatic rings. The largest absolute Gasteiger partial charge is 0.452 e. The molecule has 4 heteroatoms. The van der Waals surface area contributed by atoms with Gasteiger partial charge in [-0.05, 0) is 69.4 Å². The number of ether oxygens (including phenoxy) is 1. The molecule has 1 amide bonds. The van der Waals surface area contributed by atoms with Crippen LogP contribution in [-0.2, 0) is 20.7 Å². The topological polar surface area (TPSA) is 55.4 Å². The van der Waals surface area contributed by atoms with Crippen LogP contribution in [-0.4, -0.2) is 18.0 Å². The maximum atomic E-state index is 12.4. The summed E-state index contributed by atoms with van der Waals surface area (Å²) in [5, 5.41) is 2.88. The fraction of sp³-hybridized carbons (Fsp3) is 0.364. The highest BCUT2D eigenvalue weighted by Crippen LogP contribution is 2.22. The molecule has 0 aliphatic carbocycles. The maximum Gasteiger partial charge on any atom is 0.311 e. The number of nitrogens with one attached hydrogen (secondary N) is 1. The first kappa shape index (κ1) is 19.7. The van der Waals surface area contributed by atoms with E-state index >= 15 is 0 Å². The molecule has 0 radical (unpaired) electrons. The molecule has 0 fully saturated rings. The Hall–Kier alpha value is -2.62. The van der Waals surface area contributed by atoms with Crippen molar-refractivity contribution in [1.82, 2.24) is 0 Å². The zero-order valence-electron chi connectivity index (χ0n) is 16.4. The summed E-state index contributed by atoms with van der Waals surface area (Å²) in [7, 11) is 0. The number of esters is 1. The molecule has 0 unspecified atom stereocenters. The van der Waals surface area contributed by atoms with E-state index in [0.29, 0.717) is 0 Å². The van der Waals surface area contributed by atoms with Crippen molar-refractivity contribution in [3.63, 3.8) is 0 Å². The SMILES string of the molecule is Cc1cc(C)c(NC(=O)[C@@H](C)OC(=O)Cc2ccc(C)c(C)c2)c(C)c1. The summed E-state index contributed by atoms with van der Waals surface area (Å²) in [6.07, 6.45) is -0.699. The fourth-order valence-electron chi connectivity index (χ4n) is 2.97. The van der Waals surface area contributed by atoms with Gasteiger partial charge in [0.15, 0.2) is 6.10 Å². The molecule has 0 saturated heterocycles. The van der Waals surface area contributed by atoms with E-state index in [1.54, 1.807) is 6.92 Å². The van der Waals surface area contributed by atoms with Crippen LogP contribution in [0.5, 0.6) is 0 Å². The Kier molecular flexibility index (Phi) is 6.19. The number of carbonyl (C=O) groups excluding carboxylic acids is 2. The second kappa shape index (κ2) is 8.17. The maximum absolute atomic E-state index is 12.4. The van der Waals surface area contributed by atoms with Crippen molar-refractivity contribution < 1.29 is 14.3 Å². The van der Waals surface area contributed by atoms with Crippen LogP contribution in [0.2, 0.25) is 0 Å². The first-order valence-electron chi connectivity index (χ1n) is 8.81. The van der Waals surface area contributed by atoms with Gasteiger partial charge in [0, 0.05) is 5.69 Å². The van der Waals surface area contributed by atoms with Crippen molar-refractivity contribution in [2.24, 2.45) is 0 Å². The van der Waals surface area contributed by atoms with Gasteiger partial charge in [-0.3, -0.25) is 9.59 Å². The number of aryl methyl sites for hydroxylation is 5. The molecule has 2 rings (SSSR count). The van der Waals surface area contributed by atoms with Crippen LogP contribution in [0.4, 0.5) is 5.69 Å². The van der Waals surface area contributed by atoms with Crippen molar-refractivity contribution in [3.8, 4) is 0 Å². The van der Waals surface area contributed by atoms with Crippen molar-refractivity contribution >= 4 is 17.6 Å². The van der Waals surface area contributed by atoms with Gasteiger partial charge in [0.25, 0.3) is 5.91 Å². The van der Waals surface area contributed by atoms with E-state index in [9.17, 15) is 9.59 Å². The second-order valence-corrected chi connectivity index (χ2v) is 6.99. The molecule has 0 heterocycles. The van der Waals surface area contributed by atoms with Crippen LogP contribution < -0.4 is 5.32 Å². The predicted molar refractivity (Wildman–Crippen MR) is 104 cm³/mol. The Morgan fingerprint density at radius 3 is 2.12 bits per heavy atom. The molecule has 1 N–H and O–H groups in total. The van der Waals surface area contributed by atoms with Gasteiger partial charge in [0.2, 0.25) is 0 Å².